The molecule has 0 atom stereocenters. The van der Waals surface area contributed by atoms with Gasteiger partial charge in [0, 0.05) is 6.61 Å². The Hall–Kier alpha value is -1.03. The van der Waals surface area contributed by atoms with E-state index in [0.717, 1.165) is 18.9 Å². The van der Waals surface area contributed by atoms with Crippen LogP contribution in [0.2, 0.25) is 0 Å². The average molecular weight is 246 g/mol. The Morgan fingerprint density at radius 1 is 1.12 bits per heavy atom. The van der Waals surface area contributed by atoms with Crippen molar-refractivity contribution in [3.05, 3.63) is 35.4 Å². The summed E-state index contributed by atoms with van der Waals surface area (Å²) in [5, 5.41) is 0. The Bertz CT molecular complexity index is 334. The molecule has 1 rings (SSSR count). The number of alkyl halides is 3. The Balaban J connectivity index is 2.53. The Morgan fingerprint density at radius 3 is 2.47 bits per heavy atom. The maximum atomic E-state index is 12.6. The lowest BCUT2D eigenvalue weighted by Gasteiger charge is -2.12. The number of ether oxygens (including phenoxy) is 1. The van der Waals surface area contributed by atoms with Crippen LogP contribution in [0.1, 0.15) is 30.9 Å². The minimum Gasteiger partial charge on any atom is -0.381 e. The third kappa shape index (κ3) is 4.77. The minimum absolute atomic E-state index is 0.302. The van der Waals surface area contributed by atoms with E-state index in [4.69, 9.17) is 4.74 Å². The van der Waals surface area contributed by atoms with E-state index >= 15 is 0 Å². The van der Waals surface area contributed by atoms with Gasteiger partial charge in [-0.25, -0.2) is 0 Å². The molecule has 0 bridgehead atoms. The first-order valence-electron chi connectivity index (χ1n) is 5.78. The maximum absolute atomic E-state index is 12.6. The largest absolute Gasteiger partial charge is 0.416 e. The molecule has 0 radical (unpaired) electrons. The first-order valence-corrected chi connectivity index (χ1v) is 5.78. The molecule has 0 amide bonds. The van der Waals surface area contributed by atoms with E-state index in [1.54, 1.807) is 6.07 Å². The summed E-state index contributed by atoms with van der Waals surface area (Å²) in [4.78, 5) is 0. The van der Waals surface area contributed by atoms with Gasteiger partial charge in [0.2, 0.25) is 0 Å². The lowest BCUT2D eigenvalue weighted by Crippen LogP contribution is -2.11. The maximum Gasteiger partial charge on any atom is 0.416 e. The minimum atomic E-state index is -4.28. The van der Waals surface area contributed by atoms with Gasteiger partial charge in [0.25, 0.3) is 0 Å². The summed E-state index contributed by atoms with van der Waals surface area (Å²) in [6, 6.07) is 5.65. The quantitative estimate of drug-likeness (QED) is 0.688. The van der Waals surface area contributed by atoms with Gasteiger partial charge >= 0.3 is 6.18 Å². The van der Waals surface area contributed by atoms with E-state index in [1.807, 2.05) is 6.92 Å². The standard InChI is InChI=1S/C13H17F3O/c1-2-3-9-17-10-8-11-6-4-5-7-12(11)13(14,15)16/h4-7H,2-3,8-10H2,1H3. The molecule has 0 fully saturated rings. The van der Waals surface area contributed by atoms with Crippen LogP contribution in [0.15, 0.2) is 24.3 Å². The molecule has 0 saturated carbocycles. The predicted octanol–water partition coefficient (Wildman–Crippen LogP) is 4.06. The van der Waals surface area contributed by atoms with Gasteiger partial charge in [-0.05, 0) is 24.5 Å². The number of rotatable bonds is 6. The molecule has 96 valence electrons. The first-order chi connectivity index (χ1) is 8.05. The normalized spacial score (nSPS) is 11.8. The SMILES string of the molecule is CCCCOCCc1ccccc1C(F)(F)F. The molecule has 0 aliphatic carbocycles. The van der Waals surface area contributed by atoms with Crippen LogP contribution in [0.3, 0.4) is 0 Å². The zero-order valence-electron chi connectivity index (χ0n) is 9.89. The van der Waals surface area contributed by atoms with E-state index in [9.17, 15) is 13.2 Å². The van der Waals surface area contributed by atoms with Crippen molar-refractivity contribution in [3.8, 4) is 0 Å². The number of unbranched alkanes of at least 4 members (excludes halogenated alkanes) is 1. The molecule has 0 unspecified atom stereocenters. The highest BCUT2D eigenvalue weighted by Crippen LogP contribution is 2.31. The van der Waals surface area contributed by atoms with Crippen molar-refractivity contribution < 1.29 is 17.9 Å². The fraction of sp³-hybridized carbons (Fsp3) is 0.538. The van der Waals surface area contributed by atoms with Gasteiger partial charge in [0.1, 0.15) is 0 Å². The van der Waals surface area contributed by atoms with Gasteiger partial charge in [-0.3, -0.25) is 0 Å². The van der Waals surface area contributed by atoms with Gasteiger partial charge in [-0.15, -0.1) is 0 Å². The molecule has 4 heteroatoms. The second-order valence-electron chi connectivity index (χ2n) is 3.87. The smallest absolute Gasteiger partial charge is 0.381 e. The molecule has 0 aromatic heterocycles. The van der Waals surface area contributed by atoms with E-state index in [0.29, 0.717) is 25.2 Å². The Morgan fingerprint density at radius 2 is 1.82 bits per heavy atom. The van der Waals surface area contributed by atoms with Crippen LogP contribution in [0.5, 0.6) is 0 Å². The highest BCUT2D eigenvalue weighted by atomic mass is 19.4. The average Bonchev–Trinajstić information content (AvgIpc) is 2.28. The van der Waals surface area contributed by atoms with Gasteiger partial charge in [-0.2, -0.15) is 13.2 Å². The van der Waals surface area contributed by atoms with Crippen LogP contribution in [-0.2, 0) is 17.3 Å². The van der Waals surface area contributed by atoms with E-state index in [-0.39, 0.29) is 0 Å². The van der Waals surface area contributed by atoms with E-state index in [1.165, 1.54) is 12.1 Å². The molecule has 0 saturated heterocycles. The molecular weight excluding hydrogens is 229 g/mol. The summed E-state index contributed by atoms with van der Waals surface area (Å²) in [5.41, 5.74) is -0.254. The van der Waals surface area contributed by atoms with Crippen molar-refractivity contribution in [2.75, 3.05) is 13.2 Å². The summed E-state index contributed by atoms with van der Waals surface area (Å²) in [5.74, 6) is 0. The molecule has 0 aliphatic rings. The van der Waals surface area contributed by atoms with Gasteiger partial charge in [0.15, 0.2) is 0 Å². The molecule has 1 aromatic rings. The van der Waals surface area contributed by atoms with Crippen molar-refractivity contribution in [2.45, 2.75) is 32.4 Å². The van der Waals surface area contributed by atoms with Crippen molar-refractivity contribution in [1.29, 1.82) is 0 Å². The third-order valence-corrected chi connectivity index (χ3v) is 2.48. The number of halogens is 3. The molecule has 0 heterocycles. The molecule has 17 heavy (non-hydrogen) atoms. The van der Waals surface area contributed by atoms with Crippen molar-refractivity contribution in [2.24, 2.45) is 0 Å². The molecular formula is C13H17F3O. The van der Waals surface area contributed by atoms with Gasteiger partial charge in [-0.1, -0.05) is 31.5 Å². The second kappa shape index (κ2) is 6.64. The first kappa shape index (κ1) is 14.0. The molecule has 1 nitrogen and oxygen atoms in total. The summed E-state index contributed by atoms with van der Waals surface area (Å²) in [6.07, 6.45) is -2.00. The molecule has 1 aromatic carbocycles. The summed E-state index contributed by atoms with van der Waals surface area (Å²) >= 11 is 0. The van der Waals surface area contributed by atoms with Crippen LogP contribution in [0.4, 0.5) is 13.2 Å². The monoisotopic (exact) mass is 246 g/mol. The fourth-order valence-electron chi connectivity index (χ4n) is 1.55. The predicted molar refractivity (Wildman–Crippen MR) is 60.9 cm³/mol. The number of hydrogen-bond donors (Lipinski definition) is 0. The lowest BCUT2D eigenvalue weighted by atomic mass is 10.0. The van der Waals surface area contributed by atoms with Crippen LogP contribution in [-0.4, -0.2) is 13.2 Å². The van der Waals surface area contributed by atoms with Crippen molar-refractivity contribution in [3.63, 3.8) is 0 Å². The van der Waals surface area contributed by atoms with Crippen LogP contribution in [0, 0.1) is 0 Å². The Labute approximate surface area is 99.6 Å². The summed E-state index contributed by atoms with van der Waals surface area (Å²) in [7, 11) is 0. The van der Waals surface area contributed by atoms with Crippen LogP contribution >= 0.6 is 0 Å². The van der Waals surface area contributed by atoms with Gasteiger partial charge in [0.05, 0.1) is 12.2 Å². The summed E-state index contributed by atoms with van der Waals surface area (Å²) in [6.45, 7) is 3.00. The molecule has 0 spiro atoms. The van der Waals surface area contributed by atoms with Crippen LogP contribution < -0.4 is 0 Å². The lowest BCUT2D eigenvalue weighted by molar-refractivity contribution is -0.138. The topological polar surface area (TPSA) is 9.23 Å². The molecule has 0 aliphatic heterocycles. The van der Waals surface area contributed by atoms with E-state index in [2.05, 4.69) is 0 Å². The summed E-state index contributed by atoms with van der Waals surface area (Å²) < 4.78 is 43.2. The molecule has 0 N–H and O–H groups in total. The third-order valence-electron chi connectivity index (χ3n) is 2.48. The highest BCUT2D eigenvalue weighted by molar-refractivity contribution is 5.29. The van der Waals surface area contributed by atoms with Crippen molar-refractivity contribution in [1.82, 2.24) is 0 Å². The van der Waals surface area contributed by atoms with Crippen LogP contribution in [0.25, 0.3) is 0 Å². The highest BCUT2D eigenvalue weighted by Gasteiger charge is 2.32. The zero-order chi connectivity index (χ0) is 12.7. The van der Waals surface area contributed by atoms with Crippen molar-refractivity contribution >= 4 is 0 Å². The zero-order valence-corrected chi connectivity index (χ0v) is 9.89. The fourth-order valence-corrected chi connectivity index (χ4v) is 1.55. The van der Waals surface area contributed by atoms with Gasteiger partial charge < -0.3 is 4.74 Å². The second-order valence-corrected chi connectivity index (χ2v) is 3.87. The number of benzene rings is 1. The van der Waals surface area contributed by atoms with E-state index < -0.39 is 11.7 Å². The Kier molecular flexibility index (Phi) is 5.48. The number of hydrogen-bond acceptors (Lipinski definition) is 1.